The third-order valence-corrected chi connectivity index (χ3v) is 3.22. The predicted molar refractivity (Wildman–Crippen MR) is 67.2 cm³/mol. The molecule has 0 unspecified atom stereocenters. The lowest BCUT2D eigenvalue weighted by atomic mass is 10.3. The minimum atomic E-state index is 0.0950. The lowest BCUT2D eigenvalue weighted by Gasteiger charge is -2.18. The highest BCUT2D eigenvalue weighted by Gasteiger charge is 2.15. The smallest absolute Gasteiger partial charge is 0.221 e. The number of pyridine rings is 1. The summed E-state index contributed by atoms with van der Waals surface area (Å²) >= 11 is 11.9. The lowest BCUT2D eigenvalue weighted by molar-refractivity contribution is -0.120. The summed E-state index contributed by atoms with van der Waals surface area (Å²) in [6, 6.07) is 3.41. The van der Waals surface area contributed by atoms with Crippen LogP contribution in [-0.2, 0) is 11.3 Å². The molecule has 1 N–H and O–H groups in total. The summed E-state index contributed by atoms with van der Waals surface area (Å²) in [5, 5.41) is 3.87. The van der Waals surface area contributed by atoms with Crippen molar-refractivity contribution in [2.75, 3.05) is 19.6 Å². The second-order valence-corrected chi connectivity index (χ2v) is 4.73. The molecule has 92 valence electrons. The van der Waals surface area contributed by atoms with Crippen LogP contribution in [0.3, 0.4) is 0 Å². The van der Waals surface area contributed by atoms with Gasteiger partial charge in [-0.05, 0) is 12.1 Å². The summed E-state index contributed by atoms with van der Waals surface area (Å²) in [6.45, 7) is 2.80. The van der Waals surface area contributed by atoms with Crippen LogP contribution in [-0.4, -0.2) is 35.4 Å². The first-order valence-electron chi connectivity index (χ1n) is 5.45. The van der Waals surface area contributed by atoms with Gasteiger partial charge < -0.3 is 5.32 Å². The molecule has 6 heteroatoms. The van der Waals surface area contributed by atoms with Crippen LogP contribution in [0, 0.1) is 0 Å². The quantitative estimate of drug-likeness (QED) is 0.835. The van der Waals surface area contributed by atoms with E-state index in [1.807, 2.05) is 0 Å². The van der Waals surface area contributed by atoms with Crippen LogP contribution in [0.2, 0.25) is 10.2 Å². The van der Waals surface area contributed by atoms with E-state index in [-0.39, 0.29) is 5.91 Å². The maximum atomic E-state index is 11.2. The Balaban J connectivity index is 2.04. The van der Waals surface area contributed by atoms with Crippen LogP contribution in [0.5, 0.6) is 0 Å². The second-order valence-electron chi connectivity index (χ2n) is 3.94. The van der Waals surface area contributed by atoms with Gasteiger partial charge in [-0.3, -0.25) is 9.69 Å². The number of halogens is 2. The molecule has 2 heterocycles. The highest BCUT2D eigenvalue weighted by Crippen LogP contribution is 2.18. The predicted octanol–water partition coefficient (Wildman–Crippen LogP) is 1.71. The fourth-order valence-corrected chi connectivity index (χ4v) is 2.08. The molecule has 1 aromatic heterocycles. The standard InChI is InChI=1S/C11H13Cl2N3O/c12-8-1-2-10(13)15-9(8)7-16-5-3-11(17)14-4-6-16/h1-2H,3-7H2,(H,14,17). The Kier molecular flexibility index (Phi) is 4.20. The number of carbonyl (C=O) groups excluding carboxylic acids is 1. The first-order valence-corrected chi connectivity index (χ1v) is 6.21. The molecule has 0 aliphatic carbocycles. The van der Waals surface area contributed by atoms with Crippen molar-refractivity contribution in [3.8, 4) is 0 Å². The molecule has 0 aromatic carbocycles. The lowest BCUT2D eigenvalue weighted by Crippen LogP contribution is -2.28. The monoisotopic (exact) mass is 273 g/mol. The van der Waals surface area contributed by atoms with Crippen LogP contribution in [0.1, 0.15) is 12.1 Å². The zero-order chi connectivity index (χ0) is 12.3. The maximum absolute atomic E-state index is 11.2. The summed E-state index contributed by atoms with van der Waals surface area (Å²) in [5.41, 5.74) is 0.758. The average Bonchev–Trinajstić information content (AvgIpc) is 2.49. The number of nitrogens with zero attached hydrogens (tertiary/aromatic N) is 2. The molecule has 0 saturated carbocycles. The molecule has 0 spiro atoms. The Morgan fingerprint density at radius 3 is 3.00 bits per heavy atom. The molecule has 1 fully saturated rings. The van der Waals surface area contributed by atoms with Crippen LogP contribution < -0.4 is 5.32 Å². The van der Waals surface area contributed by atoms with Gasteiger partial charge in [-0.25, -0.2) is 4.98 Å². The van der Waals surface area contributed by atoms with Gasteiger partial charge in [0.1, 0.15) is 5.15 Å². The summed E-state index contributed by atoms with van der Waals surface area (Å²) in [7, 11) is 0. The van der Waals surface area contributed by atoms with Gasteiger partial charge in [0.15, 0.2) is 0 Å². The average molecular weight is 274 g/mol. The summed E-state index contributed by atoms with van der Waals surface area (Å²) in [5.74, 6) is 0.0950. The Hall–Kier alpha value is -0.840. The second kappa shape index (κ2) is 5.67. The van der Waals surface area contributed by atoms with Gasteiger partial charge in [0.25, 0.3) is 0 Å². The van der Waals surface area contributed by atoms with Crippen LogP contribution >= 0.6 is 23.2 Å². The third-order valence-electron chi connectivity index (χ3n) is 2.66. The highest BCUT2D eigenvalue weighted by atomic mass is 35.5. The summed E-state index contributed by atoms with van der Waals surface area (Å²) in [6.07, 6.45) is 0.512. The van der Waals surface area contributed by atoms with Gasteiger partial charge in [-0.2, -0.15) is 0 Å². The number of hydrogen-bond donors (Lipinski definition) is 1. The van der Waals surface area contributed by atoms with Crippen molar-refractivity contribution in [3.05, 3.63) is 28.0 Å². The maximum Gasteiger partial charge on any atom is 0.221 e. The molecule has 0 bridgehead atoms. The number of aromatic nitrogens is 1. The van der Waals surface area contributed by atoms with Crippen LogP contribution in [0.25, 0.3) is 0 Å². The van der Waals surface area contributed by atoms with E-state index in [4.69, 9.17) is 23.2 Å². The molecule has 4 nitrogen and oxygen atoms in total. The fraction of sp³-hybridized carbons (Fsp3) is 0.455. The molecular formula is C11H13Cl2N3O. The van der Waals surface area contributed by atoms with Gasteiger partial charge >= 0.3 is 0 Å². The van der Waals surface area contributed by atoms with E-state index in [1.54, 1.807) is 12.1 Å². The van der Waals surface area contributed by atoms with Gasteiger partial charge in [0.05, 0.1) is 10.7 Å². The van der Waals surface area contributed by atoms with Crippen molar-refractivity contribution in [1.82, 2.24) is 15.2 Å². The summed E-state index contributed by atoms with van der Waals surface area (Å²) in [4.78, 5) is 17.5. The van der Waals surface area contributed by atoms with E-state index in [1.165, 1.54) is 0 Å². The number of hydrogen-bond acceptors (Lipinski definition) is 3. The van der Waals surface area contributed by atoms with Crippen molar-refractivity contribution in [3.63, 3.8) is 0 Å². The first kappa shape index (κ1) is 12.6. The molecule has 0 radical (unpaired) electrons. The largest absolute Gasteiger partial charge is 0.355 e. The van der Waals surface area contributed by atoms with Crippen molar-refractivity contribution in [1.29, 1.82) is 0 Å². The van der Waals surface area contributed by atoms with Crippen molar-refractivity contribution >= 4 is 29.1 Å². The first-order chi connectivity index (χ1) is 8.15. The van der Waals surface area contributed by atoms with Crippen molar-refractivity contribution < 1.29 is 4.79 Å². The van der Waals surface area contributed by atoms with E-state index >= 15 is 0 Å². The summed E-state index contributed by atoms with van der Waals surface area (Å²) < 4.78 is 0. The molecule has 1 aromatic rings. The van der Waals surface area contributed by atoms with E-state index in [9.17, 15) is 4.79 Å². The van der Waals surface area contributed by atoms with Crippen molar-refractivity contribution in [2.45, 2.75) is 13.0 Å². The van der Waals surface area contributed by atoms with Gasteiger partial charge in [0, 0.05) is 32.6 Å². The normalized spacial score (nSPS) is 17.6. The van der Waals surface area contributed by atoms with Gasteiger partial charge in [0.2, 0.25) is 5.91 Å². The molecule has 2 rings (SSSR count). The van der Waals surface area contributed by atoms with Gasteiger partial charge in [-0.1, -0.05) is 23.2 Å². The number of rotatable bonds is 2. The SMILES string of the molecule is O=C1CCN(Cc2nc(Cl)ccc2Cl)CCN1. The van der Waals surface area contributed by atoms with E-state index in [0.717, 1.165) is 18.8 Å². The molecule has 0 atom stereocenters. The van der Waals surface area contributed by atoms with Crippen molar-refractivity contribution in [2.24, 2.45) is 0 Å². The Morgan fingerprint density at radius 1 is 1.35 bits per heavy atom. The molecule has 17 heavy (non-hydrogen) atoms. The van der Waals surface area contributed by atoms with E-state index in [0.29, 0.717) is 29.7 Å². The Bertz CT molecular complexity index is 425. The topological polar surface area (TPSA) is 45.2 Å². The molecule has 1 aliphatic heterocycles. The Labute approximate surface area is 110 Å². The number of amides is 1. The van der Waals surface area contributed by atoms with Crippen LogP contribution in [0.4, 0.5) is 0 Å². The van der Waals surface area contributed by atoms with E-state index < -0.39 is 0 Å². The molecule has 1 saturated heterocycles. The highest BCUT2D eigenvalue weighted by molar-refractivity contribution is 6.32. The minimum Gasteiger partial charge on any atom is -0.355 e. The molecule has 1 amide bonds. The third kappa shape index (κ3) is 3.56. The van der Waals surface area contributed by atoms with E-state index in [2.05, 4.69) is 15.2 Å². The number of carbonyl (C=O) groups is 1. The molecular weight excluding hydrogens is 261 g/mol. The van der Waals surface area contributed by atoms with Crippen LogP contribution in [0.15, 0.2) is 12.1 Å². The number of nitrogens with one attached hydrogen (secondary N) is 1. The molecule has 1 aliphatic rings. The zero-order valence-corrected chi connectivity index (χ0v) is 10.8. The fourth-order valence-electron chi connectivity index (χ4n) is 1.75. The Morgan fingerprint density at radius 2 is 2.18 bits per heavy atom. The minimum absolute atomic E-state index is 0.0950. The van der Waals surface area contributed by atoms with Gasteiger partial charge in [-0.15, -0.1) is 0 Å². The zero-order valence-electron chi connectivity index (χ0n) is 9.25.